The van der Waals surface area contributed by atoms with Crippen LogP contribution in [0.4, 0.5) is 0 Å². The Bertz CT molecular complexity index is 2110. The van der Waals surface area contributed by atoms with Gasteiger partial charge in [0, 0.05) is 37.9 Å². The monoisotopic (exact) mass is 835 g/mol. The maximum absolute atomic E-state index is 6.42. The molecule has 5 heteroatoms. The number of hydrogen-bond acceptors (Lipinski definition) is 3. The summed E-state index contributed by atoms with van der Waals surface area (Å²) < 4.78 is 6.42. The van der Waals surface area contributed by atoms with Crippen molar-refractivity contribution in [3.05, 3.63) is 139 Å². The van der Waals surface area contributed by atoms with Crippen LogP contribution in [0.25, 0.3) is 55.6 Å². The average molecular weight is 835 g/mol. The molecule has 4 aromatic carbocycles. The van der Waals surface area contributed by atoms with E-state index in [1.165, 1.54) is 48.4 Å². The van der Waals surface area contributed by atoms with Gasteiger partial charge in [-0.1, -0.05) is 141 Å². The normalized spacial score (nSPS) is 13.4. The molecule has 1 aliphatic rings. The van der Waals surface area contributed by atoms with Gasteiger partial charge in [0.05, 0.1) is 13.7 Å². The van der Waals surface area contributed by atoms with Gasteiger partial charge in [-0.2, -0.15) is 0 Å². The van der Waals surface area contributed by atoms with Gasteiger partial charge in [-0.15, -0.1) is 48.0 Å². The van der Waals surface area contributed by atoms with E-state index in [-0.39, 0.29) is 20.1 Å². The summed E-state index contributed by atoms with van der Waals surface area (Å²) >= 11 is 0. The molecule has 0 bridgehead atoms. The molecule has 3 nitrogen and oxygen atoms in total. The molecule has 8 rings (SSSR count). The molecule has 49 heavy (non-hydrogen) atoms. The van der Waals surface area contributed by atoms with Gasteiger partial charge in [0.25, 0.3) is 0 Å². The molecule has 249 valence electrons. The van der Waals surface area contributed by atoms with Crippen LogP contribution >= 0.6 is 0 Å². The maximum Gasteiger partial charge on any atom is 0.120 e. The van der Waals surface area contributed by atoms with Crippen LogP contribution in [0.3, 0.4) is 0 Å². The van der Waals surface area contributed by atoms with Crippen molar-refractivity contribution in [3.63, 3.8) is 0 Å². The molecule has 0 N–H and O–H groups in total. The van der Waals surface area contributed by atoms with Crippen LogP contribution in [-0.2, 0) is 26.5 Å². The standard InChI is InChI=1S/C30H26NO.C14H16NSi.Ir/c1-3-9-21(10-4-1)19-22-17-18-31-27(20-22)25-16-15-24(23-11-5-2-6-12-23)29-26-13-7-8-14-28(26)32-30(25)29;1-16(2,3)13-9-10-14(15-11-13)12-7-5-4-6-8-12;/h2,5-8,11-15,17-18,20-21H,1,3-4,9-10,19H2;4-7,9-11H,1-3H3;/q2*-1;. The molecule has 0 unspecified atom stereocenters. The van der Waals surface area contributed by atoms with Gasteiger partial charge in [0.1, 0.15) is 5.58 Å². The quantitative estimate of drug-likeness (QED) is 0.124. The number of nitrogens with zero attached hydrogens (tertiary/aromatic N) is 2. The summed E-state index contributed by atoms with van der Waals surface area (Å²) in [4.78, 5) is 9.25. The largest absolute Gasteiger partial charge is 0.501 e. The van der Waals surface area contributed by atoms with E-state index in [0.29, 0.717) is 0 Å². The zero-order valence-electron chi connectivity index (χ0n) is 28.5. The molecule has 1 aliphatic carbocycles. The summed E-state index contributed by atoms with van der Waals surface area (Å²) in [6.07, 6.45) is 11.9. The first-order valence-corrected chi connectivity index (χ1v) is 20.7. The summed E-state index contributed by atoms with van der Waals surface area (Å²) in [5.74, 6) is 0.801. The predicted octanol–water partition coefficient (Wildman–Crippen LogP) is 11.3. The number of rotatable bonds is 6. The van der Waals surface area contributed by atoms with E-state index in [2.05, 4.69) is 103 Å². The Hall–Kier alpha value is -4.15. The number of pyridine rings is 2. The smallest absolute Gasteiger partial charge is 0.120 e. The van der Waals surface area contributed by atoms with E-state index in [1.54, 1.807) is 0 Å². The molecule has 0 aliphatic heterocycles. The predicted molar refractivity (Wildman–Crippen MR) is 203 cm³/mol. The Morgan fingerprint density at radius 3 is 2.29 bits per heavy atom. The van der Waals surface area contributed by atoms with Gasteiger partial charge in [-0.3, -0.25) is 0 Å². The van der Waals surface area contributed by atoms with Gasteiger partial charge >= 0.3 is 0 Å². The van der Waals surface area contributed by atoms with Crippen LogP contribution in [0.5, 0.6) is 0 Å². The summed E-state index contributed by atoms with van der Waals surface area (Å²) in [5, 5.41) is 3.67. The minimum absolute atomic E-state index is 0. The van der Waals surface area contributed by atoms with Crippen LogP contribution in [-0.4, -0.2) is 18.0 Å². The number of benzene rings is 4. The first kappa shape index (κ1) is 34.7. The van der Waals surface area contributed by atoms with Crippen molar-refractivity contribution in [2.45, 2.75) is 58.2 Å². The Morgan fingerprint density at radius 2 is 1.55 bits per heavy atom. The number of fused-ring (bicyclic) bond motifs is 3. The third kappa shape index (κ3) is 8.02. The van der Waals surface area contributed by atoms with Crippen molar-refractivity contribution < 1.29 is 24.5 Å². The average Bonchev–Trinajstić information content (AvgIpc) is 3.52. The van der Waals surface area contributed by atoms with E-state index in [0.717, 1.165) is 62.4 Å². The Kier molecular flexibility index (Phi) is 11.0. The molecule has 0 atom stereocenters. The van der Waals surface area contributed by atoms with Crippen LogP contribution in [0.2, 0.25) is 19.6 Å². The van der Waals surface area contributed by atoms with Crippen LogP contribution < -0.4 is 5.19 Å². The van der Waals surface area contributed by atoms with E-state index in [9.17, 15) is 0 Å². The number of hydrogen-bond donors (Lipinski definition) is 0. The molecule has 1 radical (unpaired) electrons. The molecule has 1 fully saturated rings. The third-order valence-electron chi connectivity index (χ3n) is 9.48. The van der Waals surface area contributed by atoms with Crippen molar-refractivity contribution in [1.29, 1.82) is 0 Å². The third-order valence-corrected chi connectivity index (χ3v) is 11.5. The van der Waals surface area contributed by atoms with Crippen molar-refractivity contribution >= 4 is 35.2 Å². The van der Waals surface area contributed by atoms with E-state index >= 15 is 0 Å². The summed E-state index contributed by atoms with van der Waals surface area (Å²) in [6.45, 7) is 7.00. The van der Waals surface area contributed by atoms with Crippen molar-refractivity contribution in [2.75, 3.05) is 0 Å². The molecule has 3 aromatic heterocycles. The van der Waals surface area contributed by atoms with Crippen molar-refractivity contribution in [3.8, 4) is 33.6 Å². The summed E-state index contributed by atoms with van der Waals surface area (Å²) in [7, 11) is -1.23. The number of para-hydroxylation sites is 1. The second kappa shape index (κ2) is 15.6. The van der Waals surface area contributed by atoms with Crippen LogP contribution in [0, 0.1) is 18.1 Å². The van der Waals surface area contributed by atoms with E-state index in [4.69, 9.17) is 9.40 Å². The first-order chi connectivity index (χ1) is 23.4. The second-order valence-electron chi connectivity index (χ2n) is 14.0. The van der Waals surface area contributed by atoms with Gasteiger partial charge in [0.15, 0.2) is 0 Å². The van der Waals surface area contributed by atoms with E-state index < -0.39 is 8.07 Å². The number of furan rings is 1. The van der Waals surface area contributed by atoms with Crippen LogP contribution in [0.1, 0.15) is 37.7 Å². The molecule has 1 saturated carbocycles. The Balaban J connectivity index is 0.000000208. The zero-order chi connectivity index (χ0) is 32.9. The molecule has 0 saturated heterocycles. The van der Waals surface area contributed by atoms with E-state index in [1.807, 2.05) is 54.9 Å². The molecule has 7 aromatic rings. The fourth-order valence-corrected chi connectivity index (χ4v) is 7.85. The molecular formula is C44H42IrN2OSi-2. The first-order valence-electron chi connectivity index (χ1n) is 17.2. The summed E-state index contributed by atoms with van der Waals surface area (Å²) in [6, 6.07) is 44.3. The zero-order valence-corrected chi connectivity index (χ0v) is 31.9. The Morgan fingerprint density at radius 1 is 0.776 bits per heavy atom. The molecule has 0 spiro atoms. The molecular weight excluding hydrogens is 793 g/mol. The van der Waals surface area contributed by atoms with Gasteiger partial charge in [0.2, 0.25) is 0 Å². The maximum atomic E-state index is 6.42. The molecule has 0 amide bonds. The van der Waals surface area contributed by atoms with Gasteiger partial charge < -0.3 is 14.4 Å². The summed E-state index contributed by atoms with van der Waals surface area (Å²) in [5.41, 5.74) is 9.41. The minimum atomic E-state index is -1.23. The molecule has 3 heterocycles. The SMILES string of the molecule is C[Si](C)(C)c1ccc(-c2[c-]cccc2)nc1.[Ir].[c-]1cc(-c2ccccc2)c2c(oc3ccccc32)c1-c1cc(CC2CCCCC2)ccn1. The Labute approximate surface area is 305 Å². The van der Waals surface area contributed by atoms with Gasteiger partial charge in [-0.25, -0.2) is 0 Å². The van der Waals surface area contributed by atoms with Crippen LogP contribution in [0.15, 0.2) is 126 Å². The van der Waals surface area contributed by atoms with Gasteiger partial charge in [-0.05, 0) is 46.4 Å². The minimum Gasteiger partial charge on any atom is -0.501 e. The number of aromatic nitrogens is 2. The van der Waals surface area contributed by atoms with Crippen molar-refractivity contribution in [1.82, 2.24) is 9.97 Å². The van der Waals surface area contributed by atoms with Crippen molar-refractivity contribution in [2.24, 2.45) is 5.92 Å². The fourth-order valence-electron chi connectivity index (χ4n) is 6.82. The second-order valence-corrected chi connectivity index (χ2v) is 19.0. The topological polar surface area (TPSA) is 38.9 Å². The fraction of sp³-hybridized carbons (Fsp3) is 0.227.